The fourth-order valence-electron chi connectivity index (χ4n) is 4.42. The number of aliphatic hydroxyl groups excluding tert-OH is 2. The molecule has 30 heavy (non-hydrogen) atoms. The molecule has 3 rings (SSSR count). The first-order valence-electron chi connectivity index (χ1n) is 11.0. The molecule has 0 saturated carbocycles. The maximum atomic E-state index is 10.0. The summed E-state index contributed by atoms with van der Waals surface area (Å²) in [4.78, 5) is 2.42. The van der Waals surface area contributed by atoms with Gasteiger partial charge in [0.2, 0.25) is 0 Å². The second kappa shape index (κ2) is 11.7. The van der Waals surface area contributed by atoms with Gasteiger partial charge in [0, 0.05) is 13.2 Å². The molecule has 0 fully saturated rings. The van der Waals surface area contributed by atoms with Gasteiger partial charge in [-0.1, -0.05) is 104 Å². The molecule has 0 saturated heterocycles. The summed E-state index contributed by atoms with van der Waals surface area (Å²) in [5.74, 6) is 0. The molecule has 0 heterocycles. The summed E-state index contributed by atoms with van der Waals surface area (Å²) in [5, 5.41) is 19.1. The summed E-state index contributed by atoms with van der Waals surface area (Å²) in [7, 11) is 0. The van der Waals surface area contributed by atoms with E-state index in [1.165, 1.54) is 16.7 Å². The van der Waals surface area contributed by atoms with Crippen molar-refractivity contribution < 1.29 is 10.2 Å². The zero-order valence-electron chi connectivity index (χ0n) is 17.7. The maximum Gasteiger partial charge on any atom is 0.0973 e. The van der Waals surface area contributed by atoms with E-state index in [-0.39, 0.29) is 13.2 Å². The van der Waals surface area contributed by atoms with Crippen molar-refractivity contribution in [3.05, 3.63) is 108 Å². The van der Waals surface area contributed by atoms with E-state index in [4.69, 9.17) is 5.11 Å². The summed E-state index contributed by atoms with van der Waals surface area (Å²) in [6, 6.07) is 31.8. The van der Waals surface area contributed by atoms with Crippen molar-refractivity contribution >= 4 is 0 Å². The third-order valence-corrected chi connectivity index (χ3v) is 5.76. The minimum absolute atomic E-state index is 0.102. The van der Waals surface area contributed by atoms with Crippen molar-refractivity contribution in [3.8, 4) is 0 Å². The van der Waals surface area contributed by atoms with Gasteiger partial charge in [-0.15, -0.1) is 0 Å². The Bertz CT molecular complexity index is 740. The Balaban J connectivity index is 2.13. The molecule has 0 unspecified atom stereocenters. The zero-order valence-corrected chi connectivity index (χ0v) is 17.7. The Labute approximate surface area is 180 Å². The van der Waals surface area contributed by atoms with Crippen LogP contribution in [0.25, 0.3) is 0 Å². The minimum Gasteiger partial charge on any atom is -0.396 e. The van der Waals surface area contributed by atoms with Gasteiger partial charge in [0.05, 0.1) is 12.1 Å². The van der Waals surface area contributed by atoms with E-state index in [1.54, 1.807) is 0 Å². The number of benzene rings is 3. The van der Waals surface area contributed by atoms with Crippen molar-refractivity contribution in [2.24, 2.45) is 0 Å². The molecule has 158 valence electrons. The van der Waals surface area contributed by atoms with Crippen LogP contribution < -0.4 is 0 Å². The molecule has 0 aliphatic rings. The molecule has 0 aliphatic heterocycles. The van der Waals surface area contributed by atoms with E-state index >= 15 is 0 Å². The van der Waals surface area contributed by atoms with Crippen LogP contribution in [0.2, 0.25) is 0 Å². The summed E-state index contributed by atoms with van der Waals surface area (Å²) in [5.41, 5.74) is 3.12. The number of hydrogen-bond acceptors (Lipinski definition) is 3. The summed E-state index contributed by atoms with van der Waals surface area (Å²) in [6.45, 7) is 1.80. The zero-order chi connectivity index (χ0) is 21.1. The quantitative estimate of drug-likeness (QED) is 0.336. The van der Waals surface area contributed by atoms with Crippen LogP contribution in [0, 0.1) is 0 Å². The van der Waals surface area contributed by atoms with E-state index in [0.717, 1.165) is 32.2 Å². The predicted molar refractivity (Wildman–Crippen MR) is 123 cm³/mol. The van der Waals surface area contributed by atoms with Gasteiger partial charge in [-0.25, -0.2) is 0 Å². The maximum absolute atomic E-state index is 10.0. The lowest BCUT2D eigenvalue weighted by Crippen LogP contribution is -2.49. The van der Waals surface area contributed by atoms with Gasteiger partial charge < -0.3 is 10.2 Å². The number of unbranched alkanes of at least 4 members (excludes halogenated alkanes) is 3. The lowest BCUT2D eigenvalue weighted by atomic mass is 9.75. The molecule has 0 amide bonds. The average Bonchev–Trinajstić information content (AvgIpc) is 2.81. The van der Waals surface area contributed by atoms with Crippen molar-refractivity contribution in [1.82, 2.24) is 4.90 Å². The number of aliphatic hydroxyl groups is 2. The highest BCUT2D eigenvalue weighted by Gasteiger charge is 2.41. The van der Waals surface area contributed by atoms with Gasteiger partial charge >= 0.3 is 0 Å². The Morgan fingerprint density at radius 3 is 1.33 bits per heavy atom. The van der Waals surface area contributed by atoms with E-state index in [0.29, 0.717) is 6.54 Å². The lowest BCUT2D eigenvalue weighted by Gasteiger charge is -2.45. The first-order valence-corrected chi connectivity index (χ1v) is 11.0. The highest BCUT2D eigenvalue weighted by molar-refractivity contribution is 5.49. The third kappa shape index (κ3) is 4.99. The van der Waals surface area contributed by atoms with Crippen molar-refractivity contribution in [1.29, 1.82) is 0 Å². The largest absolute Gasteiger partial charge is 0.396 e. The van der Waals surface area contributed by atoms with Crippen molar-refractivity contribution in [3.63, 3.8) is 0 Å². The number of hydrogen-bond donors (Lipinski definition) is 2. The van der Waals surface area contributed by atoms with Crippen LogP contribution in [0.3, 0.4) is 0 Å². The summed E-state index contributed by atoms with van der Waals surface area (Å²) in [6.07, 6.45) is 3.96. The molecule has 2 N–H and O–H groups in total. The molecule has 0 aliphatic carbocycles. The topological polar surface area (TPSA) is 43.7 Å². The molecule has 0 spiro atoms. The Kier molecular flexibility index (Phi) is 8.64. The molecule has 0 bridgehead atoms. The van der Waals surface area contributed by atoms with Crippen LogP contribution in [-0.2, 0) is 5.54 Å². The molecule has 3 nitrogen and oxygen atoms in total. The monoisotopic (exact) mass is 403 g/mol. The molecule has 3 aromatic carbocycles. The Morgan fingerprint density at radius 1 is 0.500 bits per heavy atom. The van der Waals surface area contributed by atoms with Crippen LogP contribution >= 0.6 is 0 Å². The molecular formula is C27H33NO2. The van der Waals surface area contributed by atoms with E-state index in [9.17, 15) is 5.11 Å². The van der Waals surface area contributed by atoms with E-state index in [2.05, 4.69) is 95.9 Å². The van der Waals surface area contributed by atoms with E-state index < -0.39 is 5.54 Å². The SMILES string of the molecule is OCCCCCCN(CCO)C(c1ccccc1)(c1ccccc1)c1ccccc1. The highest BCUT2D eigenvalue weighted by atomic mass is 16.3. The van der Waals surface area contributed by atoms with Crippen molar-refractivity contribution in [2.45, 2.75) is 31.2 Å². The molecule has 0 aromatic heterocycles. The fourth-order valence-corrected chi connectivity index (χ4v) is 4.42. The fraction of sp³-hybridized carbons (Fsp3) is 0.333. The summed E-state index contributed by atoms with van der Waals surface area (Å²) < 4.78 is 0. The average molecular weight is 404 g/mol. The first-order chi connectivity index (χ1) is 14.8. The van der Waals surface area contributed by atoms with Gasteiger partial charge in [-0.2, -0.15) is 0 Å². The smallest absolute Gasteiger partial charge is 0.0973 e. The standard InChI is InChI=1S/C27H33NO2/c29-22-13-2-1-12-20-28(21-23-30)27(24-14-6-3-7-15-24,25-16-8-4-9-17-25)26-18-10-5-11-19-26/h3-11,14-19,29-30H,1-2,12-13,20-23H2. The Morgan fingerprint density at radius 2 is 0.933 bits per heavy atom. The second-order valence-electron chi connectivity index (χ2n) is 7.66. The number of nitrogens with zero attached hydrogens (tertiary/aromatic N) is 1. The Hall–Kier alpha value is -2.46. The van der Waals surface area contributed by atoms with Crippen LogP contribution in [0.1, 0.15) is 42.4 Å². The highest BCUT2D eigenvalue weighted by Crippen LogP contribution is 2.42. The van der Waals surface area contributed by atoms with Gasteiger partial charge in [0.25, 0.3) is 0 Å². The molecule has 3 heteroatoms. The predicted octanol–water partition coefficient (Wildman–Crippen LogP) is 4.83. The summed E-state index contributed by atoms with van der Waals surface area (Å²) >= 11 is 0. The van der Waals surface area contributed by atoms with E-state index in [1.807, 2.05) is 0 Å². The van der Waals surface area contributed by atoms with Gasteiger partial charge in [0.15, 0.2) is 0 Å². The molecular weight excluding hydrogens is 370 g/mol. The van der Waals surface area contributed by atoms with Crippen molar-refractivity contribution in [2.75, 3.05) is 26.3 Å². The molecule has 3 aromatic rings. The minimum atomic E-state index is -0.483. The van der Waals surface area contributed by atoms with Gasteiger partial charge in [0.1, 0.15) is 0 Å². The van der Waals surface area contributed by atoms with Crippen LogP contribution in [0.15, 0.2) is 91.0 Å². The van der Waals surface area contributed by atoms with Crippen LogP contribution in [-0.4, -0.2) is 41.4 Å². The molecule has 0 radical (unpaired) electrons. The number of rotatable bonds is 12. The first kappa shape index (κ1) is 22.2. The van der Waals surface area contributed by atoms with Gasteiger partial charge in [-0.3, -0.25) is 4.90 Å². The van der Waals surface area contributed by atoms with Crippen LogP contribution in [0.5, 0.6) is 0 Å². The lowest BCUT2D eigenvalue weighted by molar-refractivity contribution is 0.118. The van der Waals surface area contributed by atoms with Gasteiger partial charge in [-0.05, 0) is 36.1 Å². The normalized spacial score (nSPS) is 11.7. The third-order valence-electron chi connectivity index (χ3n) is 5.76. The second-order valence-corrected chi connectivity index (χ2v) is 7.66. The van der Waals surface area contributed by atoms with Crippen LogP contribution in [0.4, 0.5) is 0 Å². The molecule has 0 atom stereocenters.